The Kier molecular flexibility index (Phi) is 10.9. The fraction of sp³-hybridized carbons (Fsp3) is 0.818. The van der Waals surface area contributed by atoms with Gasteiger partial charge in [-0.1, -0.05) is 41.0 Å². The van der Waals surface area contributed by atoms with Crippen LogP contribution in [0.2, 0.25) is 0 Å². The van der Waals surface area contributed by atoms with Crippen LogP contribution in [0.3, 0.4) is 0 Å². The van der Waals surface area contributed by atoms with E-state index < -0.39 is 0 Å². The van der Waals surface area contributed by atoms with Crippen LogP contribution in [0.15, 0.2) is 0 Å². The second-order valence-electron chi connectivity index (χ2n) is 9.21. The van der Waals surface area contributed by atoms with E-state index in [2.05, 4.69) is 19.2 Å². The molecule has 6 nitrogen and oxygen atoms in total. The molecule has 0 aromatic heterocycles. The molecular weight excluding hydrogens is 388 g/mol. The highest BCUT2D eigenvalue weighted by Gasteiger charge is 2.38. The fourth-order valence-electron chi connectivity index (χ4n) is 3.01. The number of unbranched alkanes of at least 4 members (excludes halogenated alkanes) is 2. The molecule has 0 aromatic carbocycles. The van der Waals surface area contributed by atoms with E-state index >= 15 is 0 Å². The molecule has 7 heteroatoms. The monoisotopic (exact) mass is 426 g/mol. The van der Waals surface area contributed by atoms with Gasteiger partial charge in [-0.3, -0.25) is 24.1 Å². The van der Waals surface area contributed by atoms with Crippen LogP contribution in [0.1, 0.15) is 79.6 Å². The molecule has 1 N–H and O–H groups in total. The highest BCUT2D eigenvalue weighted by molar-refractivity contribution is 8.00. The van der Waals surface area contributed by atoms with E-state index in [-0.39, 0.29) is 40.6 Å². The Labute approximate surface area is 179 Å². The molecule has 1 aliphatic rings. The molecule has 0 spiro atoms. The summed E-state index contributed by atoms with van der Waals surface area (Å²) < 4.78 is 0. The second-order valence-corrected chi connectivity index (χ2v) is 10.5. The molecule has 29 heavy (non-hydrogen) atoms. The van der Waals surface area contributed by atoms with Gasteiger partial charge in [0.15, 0.2) is 0 Å². The van der Waals surface area contributed by atoms with Crippen LogP contribution in [0.4, 0.5) is 0 Å². The van der Waals surface area contributed by atoms with Gasteiger partial charge in [0.1, 0.15) is 5.78 Å². The summed E-state index contributed by atoms with van der Waals surface area (Å²) in [6, 6.07) is 0. The largest absolute Gasteiger partial charge is 0.356 e. The minimum Gasteiger partial charge on any atom is -0.356 e. The van der Waals surface area contributed by atoms with Crippen LogP contribution in [-0.2, 0) is 19.2 Å². The lowest BCUT2D eigenvalue weighted by molar-refractivity contribution is -0.138. The summed E-state index contributed by atoms with van der Waals surface area (Å²) in [7, 11) is 0. The molecule has 0 aromatic rings. The smallest absolute Gasteiger partial charge is 0.242 e. The second kappa shape index (κ2) is 12.4. The zero-order valence-corrected chi connectivity index (χ0v) is 19.5. The van der Waals surface area contributed by atoms with Gasteiger partial charge in [0, 0.05) is 43.5 Å². The predicted octanol–water partition coefficient (Wildman–Crippen LogP) is 3.58. The molecule has 1 unspecified atom stereocenters. The Morgan fingerprint density at radius 1 is 1.14 bits per heavy atom. The quantitative estimate of drug-likeness (QED) is 0.359. The predicted molar refractivity (Wildman–Crippen MR) is 118 cm³/mol. The Morgan fingerprint density at radius 3 is 2.45 bits per heavy atom. The van der Waals surface area contributed by atoms with Crippen molar-refractivity contribution in [3.05, 3.63) is 0 Å². The summed E-state index contributed by atoms with van der Waals surface area (Å²) in [5.74, 6) is 1.13. The van der Waals surface area contributed by atoms with Gasteiger partial charge in [0.2, 0.25) is 17.7 Å². The number of ketones is 1. The maximum absolute atomic E-state index is 12.5. The molecule has 1 heterocycles. The van der Waals surface area contributed by atoms with Gasteiger partial charge in [0.05, 0.1) is 5.25 Å². The lowest BCUT2D eigenvalue weighted by Crippen LogP contribution is -2.32. The number of likely N-dealkylation sites (tertiary alicyclic amines) is 1. The first-order chi connectivity index (χ1) is 13.5. The first-order valence-electron chi connectivity index (χ1n) is 10.8. The number of hydrogen-bond donors (Lipinski definition) is 1. The standard InChI is InChI=1S/C22H38N2O4S/c1-16(2)10-12-23-19(26)9-7-6-8-13-24-20(27)15-17(21(24)28)29-14-11-18(25)22(3,4)5/h16-17H,6-15H2,1-5H3,(H,23,26). The Hall–Kier alpha value is -1.37. The molecule has 166 valence electrons. The zero-order valence-electron chi connectivity index (χ0n) is 18.7. The van der Waals surface area contributed by atoms with Gasteiger partial charge in [-0.05, 0) is 25.2 Å². The average Bonchev–Trinajstić information content (AvgIpc) is 2.87. The van der Waals surface area contributed by atoms with E-state index in [1.165, 1.54) is 16.7 Å². The highest BCUT2D eigenvalue weighted by atomic mass is 32.2. The summed E-state index contributed by atoms with van der Waals surface area (Å²) in [5, 5.41) is 2.56. The molecule has 1 fully saturated rings. The minimum absolute atomic E-state index is 0.0697. The van der Waals surface area contributed by atoms with Gasteiger partial charge in [-0.15, -0.1) is 11.8 Å². The van der Waals surface area contributed by atoms with E-state index in [4.69, 9.17) is 0 Å². The normalized spacial score (nSPS) is 17.3. The first-order valence-corrected chi connectivity index (χ1v) is 11.8. The number of rotatable bonds is 13. The molecule has 0 radical (unpaired) electrons. The van der Waals surface area contributed by atoms with Crippen molar-refractivity contribution in [2.24, 2.45) is 11.3 Å². The summed E-state index contributed by atoms with van der Waals surface area (Å²) in [5.41, 5.74) is -0.368. The molecule has 1 saturated heterocycles. The third-order valence-electron chi connectivity index (χ3n) is 5.02. The number of nitrogens with zero attached hydrogens (tertiary/aromatic N) is 1. The summed E-state index contributed by atoms with van der Waals surface area (Å²) in [6.45, 7) is 11.1. The number of hydrogen-bond acceptors (Lipinski definition) is 5. The van der Waals surface area contributed by atoms with E-state index in [0.717, 1.165) is 25.7 Å². The van der Waals surface area contributed by atoms with Crippen molar-refractivity contribution in [2.75, 3.05) is 18.8 Å². The molecule has 0 saturated carbocycles. The van der Waals surface area contributed by atoms with Gasteiger partial charge in [-0.2, -0.15) is 0 Å². The third kappa shape index (κ3) is 9.79. The van der Waals surface area contributed by atoms with Crippen LogP contribution >= 0.6 is 11.8 Å². The zero-order chi connectivity index (χ0) is 22.0. The molecule has 1 aliphatic heterocycles. The number of carbonyl (C=O) groups excluding carboxylic acids is 4. The van der Waals surface area contributed by atoms with Crippen LogP contribution in [-0.4, -0.2) is 52.5 Å². The fourth-order valence-corrected chi connectivity index (χ4v) is 4.13. The number of Topliss-reactive ketones (excluding diaryl/α,β-unsaturated/α-hetero) is 1. The van der Waals surface area contributed by atoms with E-state index in [1.54, 1.807) is 0 Å². The molecule has 0 bridgehead atoms. The number of imide groups is 1. The van der Waals surface area contributed by atoms with Gasteiger partial charge in [0.25, 0.3) is 0 Å². The molecule has 1 rings (SSSR count). The lowest BCUT2D eigenvalue weighted by Gasteiger charge is -2.17. The van der Waals surface area contributed by atoms with Gasteiger partial charge in [-0.25, -0.2) is 0 Å². The maximum atomic E-state index is 12.5. The number of carbonyl (C=O) groups is 4. The van der Waals surface area contributed by atoms with Crippen LogP contribution < -0.4 is 5.32 Å². The van der Waals surface area contributed by atoms with Crippen LogP contribution in [0, 0.1) is 11.3 Å². The SMILES string of the molecule is CC(C)CCNC(=O)CCCCCN1C(=O)CC(SCCC(=O)C(C)(C)C)C1=O. The van der Waals surface area contributed by atoms with Crippen LogP contribution in [0.25, 0.3) is 0 Å². The topological polar surface area (TPSA) is 83.6 Å². The van der Waals surface area contributed by atoms with Crippen molar-refractivity contribution in [3.8, 4) is 0 Å². The van der Waals surface area contributed by atoms with Crippen molar-refractivity contribution in [1.82, 2.24) is 10.2 Å². The summed E-state index contributed by atoms with van der Waals surface area (Å²) >= 11 is 1.42. The maximum Gasteiger partial charge on any atom is 0.242 e. The van der Waals surface area contributed by atoms with E-state index in [1.807, 2.05) is 20.8 Å². The number of nitrogens with one attached hydrogen (secondary N) is 1. The highest BCUT2D eigenvalue weighted by Crippen LogP contribution is 2.27. The number of thioether (sulfide) groups is 1. The Balaban J connectivity index is 2.22. The average molecular weight is 427 g/mol. The summed E-state index contributed by atoms with van der Waals surface area (Å²) in [4.78, 5) is 49.7. The van der Waals surface area contributed by atoms with Crippen molar-refractivity contribution in [1.29, 1.82) is 0 Å². The Morgan fingerprint density at radius 2 is 1.83 bits per heavy atom. The van der Waals surface area contributed by atoms with Crippen molar-refractivity contribution < 1.29 is 19.2 Å². The van der Waals surface area contributed by atoms with E-state index in [9.17, 15) is 19.2 Å². The molecular formula is C22H38N2O4S. The van der Waals surface area contributed by atoms with Crippen molar-refractivity contribution in [2.45, 2.75) is 84.8 Å². The molecule has 1 atom stereocenters. The molecule has 0 aliphatic carbocycles. The van der Waals surface area contributed by atoms with Crippen molar-refractivity contribution in [3.63, 3.8) is 0 Å². The van der Waals surface area contributed by atoms with Crippen LogP contribution in [0.5, 0.6) is 0 Å². The minimum atomic E-state index is -0.368. The van der Waals surface area contributed by atoms with Gasteiger partial charge < -0.3 is 5.32 Å². The van der Waals surface area contributed by atoms with Crippen molar-refractivity contribution >= 4 is 35.3 Å². The first kappa shape index (κ1) is 25.7. The van der Waals surface area contributed by atoms with Gasteiger partial charge >= 0.3 is 0 Å². The molecule has 3 amide bonds. The number of amides is 3. The summed E-state index contributed by atoms with van der Waals surface area (Å²) in [6.07, 6.45) is 4.41. The lowest BCUT2D eigenvalue weighted by atomic mass is 9.89. The third-order valence-corrected chi connectivity index (χ3v) is 6.23. The van der Waals surface area contributed by atoms with E-state index in [0.29, 0.717) is 37.6 Å². The Bertz CT molecular complexity index is 584.